The molecule has 4 unspecified atom stereocenters. The summed E-state index contributed by atoms with van der Waals surface area (Å²) in [7, 11) is 0. The number of ether oxygens (including phenoxy) is 1. The maximum absolute atomic E-state index is 12.0. The molecule has 0 radical (unpaired) electrons. The van der Waals surface area contributed by atoms with Crippen molar-refractivity contribution in [3.05, 3.63) is 0 Å². The maximum Gasteiger partial charge on any atom is 0.323 e. The predicted molar refractivity (Wildman–Crippen MR) is 78.3 cm³/mol. The van der Waals surface area contributed by atoms with E-state index in [2.05, 4.69) is 11.8 Å². The second-order valence-electron chi connectivity index (χ2n) is 5.65. The normalized spacial score (nSPS) is 32.3. The lowest BCUT2D eigenvalue weighted by Gasteiger charge is -2.30. The molecular weight excluding hydrogens is 264 g/mol. The second kappa shape index (κ2) is 7.46. The van der Waals surface area contributed by atoms with Gasteiger partial charge in [-0.1, -0.05) is 13.3 Å². The Balaban J connectivity index is 0.00000180. The lowest BCUT2D eigenvalue weighted by atomic mass is 9.78. The van der Waals surface area contributed by atoms with E-state index in [0.29, 0.717) is 24.5 Å². The van der Waals surface area contributed by atoms with Gasteiger partial charge in [-0.3, -0.25) is 9.69 Å². The fraction of sp³-hybridized carbons (Fsp3) is 0.929. The van der Waals surface area contributed by atoms with Gasteiger partial charge < -0.3 is 10.5 Å². The van der Waals surface area contributed by atoms with Crippen LogP contribution in [0.25, 0.3) is 0 Å². The minimum absolute atomic E-state index is 0. The zero-order valence-corrected chi connectivity index (χ0v) is 12.8. The number of halogens is 1. The molecule has 5 heteroatoms. The van der Waals surface area contributed by atoms with E-state index in [4.69, 9.17) is 10.5 Å². The van der Waals surface area contributed by atoms with Gasteiger partial charge >= 0.3 is 5.97 Å². The molecule has 19 heavy (non-hydrogen) atoms. The van der Waals surface area contributed by atoms with Crippen LogP contribution in [0.15, 0.2) is 0 Å². The first-order chi connectivity index (χ1) is 8.67. The van der Waals surface area contributed by atoms with Crippen LogP contribution >= 0.6 is 12.4 Å². The maximum atomic E-state index is 12.0. The number of esters is 1. The average molecular weight is 291 g/mol. The smallest absolute Gasteiger partial charge is 0.323 e. The number of fused-ring (bicyclic) bond motifs is 1. The van der Waals surface area contributed by atoms with Crippen LogP contribution in [0.1, 0.15) is 39.5 Å². The molecule has 0 aromatic heterocycles. The third-order valence-electron chi connectivity index (χ3n) is 4.57. The van der Waals surface area contributed by atoms with Gasteiger partial charge in [-0.05, 0) is 38.0 Å². The van der Waals surface area contributed by atoms with E-state index < -0.39 is 0 Å². The Morgan fingerprint density at radius 2 is 2.11 bits per heavy atom. The van der Waals surface area contributed by atoms with Crippen molar-refractivity contribution >= 4 is 18.4 Å². The number of nitrogens with zero attached hydrogens (tertiary/aromatic N) is 1. The van der Waals surface area contributed by atoms with Crippen LogP contribution in [0.4, 0.5) is 0 Å². The van der Waals surface area contributed by atoms with Crippen molar-refractivity contribution in [2.75, 3.05) is 19.7 Å². The number of carbonyl (C=O) groups excluding carboxylic acids is 1. The van der Waals surface area contributed by atoms with Gasteiger partial charge in [0.2, 0.25) is 0 Å². The first-order valence-electron chi connectivity index (χ1n) is 7.33. The summed E-state index contributed by atoms with van der Waals surface area (Å²) in [5.74, 6) is 1.21. The minimum atomic E-state index is -0.0669. The fourth-order valence-electron chi connectivity index (χ4n) is 3.62. The molecule has 4 nitrogen and oxygen atoms in total. The predicted octanol–water partition coefficient (Wildman–Crippen LogP) is 1.81. The molecule has 0 aromatic carbocycles. The first-order valence-corrected chi connectivity index (χ1v) is 7.33. The summed E-state index contributed by atoms with van der Waals surface area (Å²) >= 11 is 0. The van der Waals surface area contributed by atoms with E-state index in [1.807, 2.05) is 6.92 Å². The van der Waals surface area contributed by atoms with Gasteiger partial charge in [0, 0.05) is 19.1 Å². The number of nitrogens with two attached hydrogens (primary N) is 1. The Bertz CT molecular complexity index is 301. The monoisotopic (exact) mass is 290 g/mol. The van der Waals surface area contributed by atoms with Crippen molar-refractivity contribution in [3.8, 4) is 0 Å². The lowest BCUT2D eigenvalue weighted by molar-refractivity contribution is -0.149. The van der Waals surface area contributed by atoms with Gasteiger partial charge in [0.05, 0.1) is 6.61 Å². The Morgan fingerprint density at radius 1 is 1.37 bits per heavy atom. The number of rotatable bonds is 4. The molecule has 1 heterocycles. The molecule has 1 aliphatic carbocycles. The van der Waals surface area contributed by atoms with E-state index in [9.17, 15) is 4.79 Å². The van der Waals surface area contributed by atoms with Gasteiger partial charge in [-0.15, -0.1) is 12.4 Å². The van der Waals surface area contributed by atoms with Crippen LogP contribution in [-0.4, -0.2) is 42.6 Å². The van der Waals surface area contributed by atoms with E-state index in [-0.39, 0.29) is 24.4 Å². The van der Waals surface area contributed by atoms with Crippen molar-refractivity contribution in [2.24, 2.45) is 17.6 Å². The largest absolute Gasteiger partial charge is 0.465 e. The third kappa shape index (κ3) is 3.61. The number of carbonyl (C=O) groups is 1. The fourth-order valence-corrected chi connectivity index (χ4v) is 3.62. The highest BCUT2D eigenvalue weighted by Gasteiger charge is 2.42. The van der Waals surface area contributed by atoms with Crippen molar-refractivity contribution in [1.82, 2.24) is 4.90 Å². The van der Waals surface area contributed by atoms with E-state index in [1.54, 1.807) is 0 Å². The van der Waals surface area contributed by atoms with Crippen LogP contribution in [0, 0.1) is 11.8 Å². The van der Waals surface area contributed by atoms with E-state index >= 15 is 0 Å². The molecule has 1 saturated heterocycles. The third-order valence-corrected chi connectivity index (χ3v) is 4.57. The van der Waals surface area contributed by atoms with Crippen LogP contribution in [0.3, 0.4) is 0 Å². The van der Waals surface area contributed by atoms with Crippen molar-refractivity contribution < 1.29 is 9.53 Å². The van der Waals surface area contributed by atoms with Crippen molar-refractivity contribution in [1.29, 1.82) is 0 Å². The first kappa shape index (κ1) is 16.7. The van der Waals surface area contributed by atoms with Gasteiger partial charge in [-0.25, -0.2) is 0 Å². The summed E-state index contributed by atoms with van der Waals surface area (Å²) in [6, 6.07) is 0.260. The summed E-state index contributed by atoms with van der Waals surface area (Å²) in [6.07, 6.45) is 4.49. The van der Waals surface area contributed by atoms with Gasteiger partial charge in [0.15, 0.2) is 0 Å². The highest BCUT2D eigenvalue weighted by Crippen LogP contribution is 2.36. The van der Waals surface area contributed by atoms with Crippen LogP contribution in [0.5, 0.6) is 0 Å². The number of hydrogen-bond acceptors (Lipinski definition) is 4. The quantitative estimate of drug-likeness (QED) is 0.802. The summed E-state index contributed by atoms with van der Waals surface area (Å²) in [6.45, 7) is 6.39. The number of hydrogen-bond donors (Lipinski definition) is 1. The SMILES string of the molecule is CCOC(=O)C(CC)N1CC2CCCC(N)C2C1.Cl. The van der Waals surface area contributed by atoms with Gasteiger partial charge in [0.25, 0.3) is 0 Å². The molecule has 2 N–H and O–H groups in total. The van der Waals surface area contributed by atoms with Crippen LogP contribution < -0.4 is 5.73 Å². The molecule has 0 amide bonds. The van der Waals surface area contributed by atoms with Crippen molar-refractivity contribution in [3.63, 3.8) is 0 Å². The molecule has 1 aliphatic heterocycles. The molecule has 0 aromatic rings. The van der Waals surface area contributed by atoms with Crippen molar-refractivity contribution in [2.45, 2.75) is 51.6 Å². The molecule has 1 saturated carbocycles. The summed E-state index contributed by atoms with van der Waals surface area (Å²) in [5, 5.41) is 0. The van der Waals surface area contributed by atoms with Crippen LogP contribution in [0.2, 0.25) is 0 Å². The number of likely N-dealkylation sites (tertiary alicyclic amines) is 1. The standard InChI is InChI=1S/C14H26N2O2.ClH/c1-3-13(14(17)18-4-2)16-8-10-6-5-7-12(15)11(10)9-16;/h10-13H,3-9,15H2,1-2H3;1H. The summed E-state index contributed by atoms with van der Waals surface area (Å²) in [4.78, 5) is 14.3. The van der Waals surface area contributed by atoms with Crippen LogP contribution in [-0.2, 0) is 9.53 Å². The highest BCUT2D eigenvalue weighted by atomic mass is 35.5. The zero-order chi connectivity index (χ0) is 13.1. The molecule has 2 aliphatic rings. The molecule has 2 rings (SSSR count). The Morgan fingerprint density at radius 3 is 2.68 bits per heavy atom. The van der Waals surface area contributed by atoms with E-state index in [0.717, 1.165) is 25.9 Å². The Hall–Kier alpha value is -0.320. The zero-order valence-electron chi connectivity index (χ0n) is 12.0. The second-order valence-corrected chi connectivity index (χ2v) is 5.65. The van der Waals surface area contributed by atoms with Gasteiger partial charge in [0.1, 0.15) is 6.04 Å². The summed E-state index contributed by atoms with van der Waals surface area (Å²) in [5.41, 5.74) is 6.22. The van der Waals surface area contributed by atoms with Gasteiger partial charge in [-0.2, -0.15) is 0 Å². The minimum Gasteiger partial charge on any atom is -0.465 e. The Kier molecular flexibility index (Phi) is 6.57. The molecule has 4 atom stereocenters. The average Bonchev–Trinajstić information content (AvgIpc) is 2.75. The molecule has 0 spiro atoms. The molecule has 2 fully saturated rings. The Labute approximate surface area is 122 Å². The highest BCUT2D eigenvalue weighted by molar-refractivity contribution is 5.85. The topological polar surface area (TPSA) is 55.6 Å². The lowest BCUT2D eigenvalue weighted by Crippen LogP contribution is -2.42. The van der Waals surface area contributed by atoms with E-state index in [1.165, 1.54) is 12.8 Å². The summed E-state index contributed by atoms with van der Waals surface area (Å²) < 4.78 is 5.18. The molecule has 112 valence electrons. The molecule has 0 bridgehead atoms. The molecular formula is C14H27ClN2O2.